The first-order valence-electron chi connectivity index (χ1n) is 7.84. The Balaban J connectivity index is 1.60. The molecule has 0 saturated heterocycles. The Labute approximate surface area is 140 Å². The van der Waals surface area contributed by atoms with Crippen molar-refractivity contribution in [2.75, 3.05) is 5.32 Å². The molecular weight excluding hydrogens is 314 g/mol. The van der Waals surface area contributed by atoms with Crippen LogP contribution in [0.4, 0.5) is 5.82 Å². The van der Waals surface area contributed by atoms with Crippen molar-refractivity contribution in [3.63, 3.8) is 0 Å². The van der Waals surface area contributed by atoms with E-state index in [-0.39, 0.29) is 12.1 Å². The summed E-state index contributed by atoms with van der Waals surface area (Å²) in [6.45, 7) is 0.380. The summed E-state index contributed by atoms with van der Waals surface area (Å²) in [7, 11) is 0. The molecule has 2 atom stereocenters. The molecule has 1 aliphatic carbocycles. The summed E-state index contributed by atoms with van der Waals surface area (Å²) < 4.78 is 5.67. The third kappa shape index (κ3) is 4.56. The smallest absolute Gasteiger partial charge is 0.234 e. The molecule has 3 rings (SSSR count). The van der Waals surface area contributed by atoms with Gasteiger partial charge in [-0.05, 0) is 30.5 Å². The van der Waals surface area contributed by atoms with Gasteiger partial charge in [-0.15, -0.1) is 0 Å². The van der Waals surface area contributed by atoms with E-state index in [2.05, 4.69) is 15.3 Å². The van der Waals surface area contributed by atoms with Gasteiger partial charge in [0.25, 0.3) is 0 Å². The molecule has 0 bridgehead atoms. The van der Waals surface area contributed by atoms with Crippen LogP contribution in [0, 0.1) is 0 Å². The first kappa shape index (κ1) is 16.0. The maximum Gasteiger partial charge on any atom is 0.234 e. The lowest BCUT2D eigenvalue weighted by molar-refractivity contribution is 0.116. The second-order valence-corrected chi connectivity index (χ2v) is 6.20. The number of nitrogens with one attached hydrogen (secondary N) is 1. The lowest BCUT2D eigenvalue weighted by atomic mass is 9.93. The lowest BCUT2D eigenvalue weighted by Gasteiger charge is -2.28. The topological polar surface area (TPSA) is 67.3 Å². The number of hydrogen-bond acceptors (Lipinski definition) is 5. The number of nitrogens with zero attached hydrogens (tertiary/aromatic N) is 2. The molecule has 0 aliphatic heterocycles. The van der Waals surface area contributed by atoms with Gasteiger partial charge in [-0.25, -0.2) is 0 Å². The molecule has 1 saturated carbocycles. The molecule has 5 nitrogen and oxygen atoms in total. The fourth-order valence-electron chi connectivity index (χ4n) is 2.74. The van der Waals surface area contributed by atoms with E-state index in [9.17, 15) is 5.11 Å². The molecule has 2 N–H and O–H groups in total. The molecule has 6 heteroatoms. The molecule has 122 valence electrons. The average Bonchev–Trinajstić information content (AvgIpc) is 2.56. The summed E-state index contributed by atoms with van der Waals surface area (Å²) in [5.41, 5.74) is 0.973. The first-order valence-corrected chi connectivity index (χ1v) is 8.22. The predicted molar refractivity (Wildman–Crippen MR) is 89.7 cm³/mol. The van der Waals surface area contributed by atoms with Crippen molar-refractivity contribution in [2.45, 2.75) is 44.4 Å². The molecule has 1 heterocycles. The Kier molecular flexibility index (Phi) is 5.31. The van der Waals surface area contributed by atoms with Crippen molar-refractivity contribution >= 4 is 17.4 Å². The van der Waals surface area contributed by atoms with E-state index >= 15 is 0 Å². The van der Waals surface area contributed by atoms with Gasteiger partial charge in [-0.2, -0.15) is 4.98 Å². The maximum absolute atomic E-state index is 10.0. The van der Waals surface area contributed by atoms with Crippen LogP contribution in [0.3, 0.4) is 0 Å². The molecule has 0 radical (unpaired) electrons. The highest BCUT2D eigenvalue weighted by molar-refractivity contribution is 6.30. The van der Waals surface area contributed by atoms with Crippen LogP contribution in [0.5, 0.6) is 5.88 Å². The number of halogens is 1. The van der Waals surface area contributed by atoms with Gasteiger partial charge in [0.15, 0.2) is 0 Å². The Bertz CT molecular complexity index is 653. The average molecular weight is 334 g/mol. The number of rotatable bonds is 5. The Morgan fingerprint density at radius 3 is 2.96 bits per heavy atom. The van der Waals surface area contributed by atoms with Crippen LogP contribution >= 0.6 is 11.6 Å². The Morgan fingerprint density at radius 1 is 1.26 bits per heavy atom. The normalized spacial score (nSPS) is 21.0. The van der Waals surface area contributed by atoms with E-state index in [1.165, 1.54) is 0 Å². The number of benzene rings is 1. The molecule has 0 unspecified atom stereocenters. The third-order valence-corrected chi connectivity index (χ3v) is 4.19. The quantitative estimate of drug-likeness (QED) is 0.877. The second-order valence-electron chi connectivity index (χ2n) is 5.76. The number of ether oxygens (including phenoxy) is 1. The van der Waals surface area contributed by atoms with Crippen LogP contribution in [-0.4, -0.2) is 27.2 Å². The molecule has 1 fully saturated rings. The minimum absolute atomic E-state index is 0.0289. The van der Waals surface area contributed by atoms with Gasteiger partial charge in [-0.1, -0.05) is 36.6 Å². The largest absolute Gasteiger partial charge is 0.472 e. The Hall–Kier alpha value is -1.85. The highest BCUT2D eigenvalue weighted by Gasteiger charge is 2.23. The lowest BCUT2D eigenvalue weighted by Crippen LogP contribution is -2.36. The summed E-state index contributed by atoms with van der Waals surface area (Å²) in [6.07, 6.45) is 6.86. The zero-order valence-corrected chi connectivity index (χ0v) is 13.5. The van der Waals surface area contributed by atoms with Crippen LogP contribution in [-0.2, 0) is 6.61 Å². The summed E-state index contributed by atoms with van der Waals surface area (Å²) >= 11 is 5.96. The molecule has 1 aromatic heterocycles. The highest BCUT2D eigenvalue weighted by Crippen LogP contribution is 2.22. The molecule has 1 aliphatic rings. The van der Waals surface area contributed by atoms with Crippen LogP contribution in [0.15, 0.2) is 36.7 Å². The van der Waals surface area contributed by atoms with Gasteiger partial charge in [0.2, 0.25) is 5.88 Å². The second kappa shape index (κ2) is 7.62. The van der Waals surface area contributed by atoms with Crippen LogP contribution < -0.4 is 10.1 Å². The van der Waals surface area contributed by atoms with E-state index in [0.717, 1.165) is 31.2 Å². The van der Waals surface area contributed by atoms with Crippen molar-refractivity contribution in [1.82, 2.24) is 9.97 Å². The van der Waals surface area contributed by atoms with Gasteiger partial charge >= 0.3 is 0 Å². The van der Waals surface area contributed by atoms with Crippen LogP contribution in [0.1, 0.15) is 31.2 Å². The highest BCUT2D eigenvalue weighted by atomic mass is 35.5. The number of aromatic nitrogens is 2. The molecule has 23 heavy (non-hydrogen) atoms. The van der Waals surface area contributed by atoms with Crippen molar-refractivity contribution < 1.29 is 9.84 Å². The monoisotopic (exact) mass is 333 g/mol. The Morgan fingerprint density at radius 2 is 2.13 bits per heavy atom. The van der Waals surface area contributed by atoms with Gasteiger partial charge in [0.1, 0.15) is 12.4 Å². The molecule has 1 aromatic carbocycles. The minimum atomic E-state index is -0.332. The van der Waals surface area contributed by atoms with Crippen LogP contribution in [0.25, 0.3) is 0 Å². The standard InChI is InChI=1S/C17H20ClN3O2/c18-13-5-3-4-12(8-13)11-23-17-10-19-9-16(21-17)20-14-6-1-2-7-15(14)22/h3-5,8-10,14-15,22H,1-2,6-7,11H2,(H,20,21)/t14-,15-/m0/s1. The van der Waals surface area contributed by atoms with E-state index < -0.39 is 0 Å². The number of aliphatic hydroxyl groups is 1. The number of aliphatic hydroxyl groups excluding tert-OH is 1. The third-order valence-electron chi connectivity index (χ3n) is 3.95. The summed E-state index contributed by atoms with van der Waals surface area (Å²) in [5.74, 6) is 1.07. The predicted octanol–water partition coefficient (Wildman–Crippen LogP) is 3.42. The zero-order valence-electron chi connectivity index (χ0n) is 12.8. The van der Waals surface area contributed by atoms with E-state index in [1.807, 2.05) is 24.3 Å². The minimum Gasteiger partial charge on any atom is -0.472 e. The maximum atomic E-state index is 10.0. The first-order chi connectivity index (χ1) is 11.2. The number of hydrogen-bond donors (Lipinski definition) is 2. The summed E-state index contributed by atoms with van der Waals surface area (Å²) in [4.78, 5) is 8.55. The van der Waals surface area contributed by atoms with Crippen molar-refractivity contribution in [1.29, 1.82) is 0 Å². The van der Waals surface area contributed by atoms with E-state index in [4.69, 9.17) is 16.3 Å². The van der Waals surface area contributed by atoms with E-state index in [1.54, 1.807) is 12.4 Å². The summed E-state index contributed by atoms with van der Waals surface area (Å²) in [6, 6.07) is 7.54. The molecule has 2 aromatic rings. The van der Waals surface area contributed by atoms with Crippen molar-refractivity contribution in [2.24, 2.45) is 0 Å². The van der Waals surface area contributed by atoms with Crippen molar-refractivity contribution in [3.05, 3.63) is 47.2 Å². The fourth-order valence-corrected chi connectivity index (χ4v) is 2.95. The molecule has 0 amide bonds. The van der Waals surface area contributed by atoms with Gasteiger partial charge in [-0.3, -0.25) is 4.98 Å². The molecular formula is C17H20ClN3O2. The van der Waals surface area contributed by atoms with Gasteiger partial charge in [0, 0.05) is 5.02 Å². The van der Waals surface area contributed by atoms with E-state index in [0.29, 0.717) is 23.3 Å². The SMILES string of the molecule is O[C@H]1CCCC[C@@H]1Nc1cncc(OCc2cccc(Cl)c2)n1. The van der Waals surface area contributed by atoms with Gasteiger partial charge < -0.3 is 15.2 Å². The summed E-state index contributed by atoms with van der Waals surface area (Å²) in [5, 5.41) is 14.0. The zero-order chi connectivity index (χ0) is 16.1. The molecule has 0 spiro atoms. The van der Waals surface area contributed by atoms with Gasteiger partial charge in [0.05, 0.1) is 24.5 Å². The van der Waals surface area contributed by atoms with Crippen LogP contribution in [0.2, 0.25) is 5.02 Å². The van der Waals surface area contributed by atoms with Crippen molar-refractivity contribution in [3.8, 4) is 5.88 Å². The fraction of sp³-hybridized carbons (Fsp3) is 0.412. The number of anilines is 1.